The fraction of sp³-hybridized carbons (Fsp3) is 0.600. The van der Waals surface area contributed by atoms with E-state index in [2.05, 4.69) is 9.80 Å². The number of rotatable bonds is 3. The van der Waals surface area contributed by atoms with Gasteiger partial charge in [-0.25, -0.2) is 4.39 Å². The van der Waals surface area contributed by atoms with Crippen LogP contribution in [0, 0.1) is 5.82 Å². The molecule has 1 aliphatic heterocycles. The predicted octanol–water partition coefficient (Wildman–Crippen LogP) is 2.50. The molecule has 0 atom stereocenters. The van der Waals surface area contributed by atoms with Crippen LogP contribution in [0.2, 0.25) is 0 Å². The lowest BCUT2D eigenvalue weighted by molar-refractivity contribution is 0.246. The topological polar surface area (TPSA) is 6.48 Å². The summed E-state index contributed by atoms with van der Waals surface area (Å²) in [5, 5.41) is 0. The van der Waals surface area contributed by atoms with Crippen molar-refractivity contribution < 1.29 is 4.39 Å². The van der Waals surface area contributed by atoms with E-state index in [1.807, 2.05) is 12.1 Å². The zero-order valence-electron chi connectivity index (χ0n) is 10.8. The Hall–Kier alpha value is -0.930. The molecule has 0 spiro atoms. The molecule has 1 heterocycles. The first-order valence-corrected chi connectivity index (χ1v) is 7.02. The highest BCUT2D eigenvalue weighted by Gasteiger charge is 2.29. The second-order valence-corrected chi connectivity index (χ2v) is 5.52. The Morgan fingerprint density at radius 3 is 2.50 bits per heavy atom. The quantitative estimate of drug-likeness (QED) is 0.811. The van der Waals surface area contributed by atoms with Crippen LogP contribution in [0.15, 0.2) is 24.3 Å². The molecule has 0 N–H and O–H groups in total. The first kappa shape index (κ1) is 12.1. The van der Waals surface area contributed by atoms with Crippen molar-refractivity contribution in [2.75, 3.05) is 26.2 Å². The summed E-state index contributed by atoms with van der Waals surface area (Å²) in [6.45, 7) is 5.73. The van der Waals surface area contributed by atoms with E-state index in [0.29, 0.717) is 0 Å². The van der Waals surface area contributed by atoms with E-state index in [0.717, 1.165) is 19.1 Å². The van der Waals surface area contributed by atoms with Gasteiger partial charge in [-0.2, -0.15) is 0 Å². The number of halogens is 1. The maximum Gasteiger partial charge on any atom is 0.123 e. The molecule has 3 rings (SSSR count). The number of hydrogen-bond donors (Lipinski definition) is 0. The smallest absolute Gasteiger partial charge is 0.123 e. The summed E-state index contributed by atoms with van der Waals surface area (Å²) in [5.74, 6) is -0.144. The Labute approximate surface area is 108 Å². The van der Waals surface area contributed by atoms with Crippen molar-refractivity contribution in [2.24, 2.45) is 0 Å². The van der Waals surface area contributed by atoms with Crippen molar-refractivity contribution in [3.63, 3.8) is 0 Å². The summed E-state index contributed by atoms with van der Waals surface area (Å²) in [4.78, 5) is 5.14. The van der Waals surface area contributed by atoms with Gasteiger partial charge in [-0.15, -0.1) is 0 Å². The second-order valence-electron chi connectivity index (χ2n) is 5.52. The van der Waals surface area contributed by atoms with Crippen LogP contribution in [0.25, 0.3) is 0 Å². The summed E-state index contributed by atoms with van der Waals surface area (Å²) in [6.07, 6.45) is 4.06. The predicted molar refractivity (Wildman–Crippen MR) is 70.9 cm³/mol. The molecule has 0 aromatic heterocycles. The Morgan fingerprint density at radius 1 is 1.00 bits per heavy atom. The molecule has 0 unspecified atom stereocenters. The van der Waals surface area contributed by atoms with Crippen molar-refractivity contribution in [3.05, 3.63) is 35.6 Å². The second kappa shape index (κ2) is 5.37. The minimum absolute atomic E-state index is 0.144. The van der Waals surface area contributed by atoms with Crippen LogP contribution in [0.1, 0.15) is 24.8 Å². The monoisotopic (exact) mass is 248 g/mol. The standard InChI is InChI=1S/C15H21FN2/c16-14-4-2-13(3-5-14)12-17-8-1-9-18(11-10-17)15-6-7-15/h2-5,15H,1,6-12H2. The molecule has 1 aliphatic carbocycles. The van der Waals surface area contributed by atoms with Crippen LogP contribution in [0.4, 0.5) is 4.39 Å². The Morgan fingerprint density at radius 2 is 1.78 bits per heavy atom. The fourth-order valence-corrected chi connectivity index (χ4v) is 2.80. The van der Waals surface area contributed by atoms with Crippen LogP contribution >= 0.6 is 0 Å². The number of hydrogen-bond acceptors (Lipinski definition) is 2. The maximum atomic E-state index is 12.9. The molecule has 0 bridgehead atoms. The van der Waals surface area contributed by atoms with Crippen molar-refractivity contribution in [3.8, 4) is 0 Å². The Balaban J connectivity index is 1.54. The highest BCUT2D eigenvalue weighted by atomic mass is 19.1. The van der Waals surface area contributed by atoms with E-state index in [1.54, 1.807) is 12.1 Å². The van der Waals surface area contributed by atoms with Gasteiger partial charge in [0.05, 0.1) is 0 Å². The summed E-state index contributed by atoms with van der Waals surface area (Å²) in [7, 11) is 0. The third-order valence-corrected chi connectivity index (χ3v) is 4.01. The number of benzene rings is 1. The van der Waals surface area contributed by atoms with Crippen LogP contribution < -0.4 is 0 Å². The van der Waals surface area contributed by atoms with Gasteiger partial charge in [0.1, 0.15) is 5.82 Å². The minimum Gasteiger partial charge on any atom is -0.299 e. The van der Waals surface area contributed by atoms with Crippen LogP contribution in [0.3, 0.4) is 0 Å². The van der Waals surface area contributed by atoms with Gasteiger partial charge in [-0.05, 0) is 50.0 Å². The minimum atomic E-state index is -0.144. The Bertz CT molecular complexity index is 386. The SMILES string of the molecule is Fc1ccc(CN2CCCN(C3CC3)CC2)cc1. The maximum absolute atomic E-state index is 12.9. The molecule has 2 nitrogen and oxygen atoms in total. The summed E-state index contributed by atoms with van der Waals surface area (Å²) in [5.41, 5.74) is 1.22. The highest BCUT2D eigenvalue weighted by Crippen LogP contribution is 2.27. The van der Waals surface area contributed by atoms with Gasteiger partial charge < -0.3 is 0 Å². The molecule has 98 valence electrons. The number of nitrogens with zero attached hydrogens (tertiary/aromatic N) is 2. The van der Waals surface area contributed by atoms with E-state index in [4.69, 9.17) is 0 Å². The van der Waals surface area contributed by atoms with Crippen molar-refractivity contribution in [1.82, 2.24) is 9.80 Å². The molecule has 3 heteroatoms. The summed E-state index contributed by atoms with van der Waals surface area (Å²) >= 11 is 0. The molecular weight excluding hydrogens is 227 g/mol. The van der Waals surface area contributed by atoms with E-state index in [1.165, 1.54) is 44.5 Å². The van der Waals surface area contributed by atoms with Crippen molar-refractivity contribution in [1.29, 1.82) is 0 Å². The van der Waals surface area contributed by atoms with Crippen molar-refractivity contribution >= 4 is 0 Å². The van der Waals surface area contributed by atoms with Gasteiger partial charge >= 0.3 is 0 Å². The van der Waals surface area contributed by atoms with Crippen molar-refractivity contribution in [2.45, 2.75) is 31.8 Å². The van der Waals surface area contributed by atoms with Gasteiger partial charge in [0, 0.05) is 25.7 Å². The van der Waals surface area contributed by atoms with Gasteiger partial charge in [-0.1, -0.05) is 12.1 Å². The third kappa shape index (κ3) is 3.09. The molecule has 1 saturated carbocycles. The zero-order valence-corrected chi connectivity index (χ0v) is 10.8. The van der Waals surface area contributed by atoms with E-state index >= 15 is 0 Å². The molecule has 1 saturated heterocycles. The zero-order chi connectivity index (χ0) is 12.4. The van der Waals surface area contributed by atoms with E-state index in [-0.39, 0.29) is 5.82 Å². The third-order valence-electron chi connectivity index (χ3n) is 4.01. The van der Waals surface area contributed by atoms with Gasteiger partial charge in [0.15, 0.2) is 0 Å². The molecule has 0 radical (unpaired) electrons. The van der Waals surface area contributed by atoms with E-state index in [9.17, 15) is 4.39 Å². The van der Waals surface area contributed by atoms with Gasteiger partial charge in [0.25, 0.3) is 0 Å². The molecule has 0 amide bonds. The molecule has 2 fully saturated rings. The average molecular weight is 248 g/mol. The molecule has 1 aromatic carbocycles. The lowest BCUT2D eigenvalue weighted by atomic mass is 10.2. The largest absolute Gasteiger partial charge is 0.299 e. The first-order chi connectivity index (χ1) is 8.81. The molecule has 18 heavy (non-hydrogen) atoms. The first-order valence-electron chi connectivity index (χ1n) is 7.02. The van der Waals surface area contributed by atoms with Crippen LogP contribution in [0.5, 0.6) is 0 Å². The lowest BCUT2D eigenvalue weighted by Crippen LogP contribution is -2.31. The summed E-state index contributed by atoms with van der Waals surface area (Å²) in [6, 6.07) is 7.81. The van der Waals surface area contributed by atoms with Gasteiger partial charge in [-0.3, -0.25) is 9.80 Å². The van der Waals surface area contributed by atoms with Gasteiger partial charge in [0.2, 0.25) is 0 Å². The normalized spacial score (nSPS) is 22.9. The average Bonchev–Trinajstić information content (AvgIpc) is 3.18. The van der Waals surface area contributed by atoms with Crippen LogP contribution in [-0.2, 0) is 6.54 Å². The highest BCUT2D eigenvalue weighted by molar-refractivity contribution is 5.15. The summed E-state index contributed by atoms with van der Waals surface area (Å²) < 4.78 is 12.9. The molecule has 2 aliphatic rings. The Kier molecular flexibility index (Phi) is 3.62. The molecular formula is C15H21FN2. The lowest BCUT2D eigenvalue weighted by Gasteiger charge is -2.21. The van der Waals surface area contributed by atoms with Crippen LogP contribution in [-0.4, -0.2) is 42.0 Å². The van der Waals surface area contributed by atoms with E-state index < -0.39 is 0 Å². The fourth-order valence-electron chi connectivity index (χ4n) is 2.80. The molecule has 1 aromatic rings.